The van der Waals surface area contributed by atoms with Gasteiger partial charge < -0.3 is 10.6 Å². The predicted molar refractivity (Wildman–Crippen MR) is 103 cm³/mol. The zero-order valence-corrected chi connectivity index (χ0v) is 15.5. The van der Waals surface area contributed by atoms with Gasteiger partial charge in [0.15, 0.2) is 0 Å². The summed E-state index contributed by atoms with van der Waals surface area (Å²) < 4.78 is 0. The molecule has 2 aliphatic rings. The molecule has 0 saturated heterocycles. The number of nitrogens with one attached hydrogen (secondary N) is 2. The van der Waals surface area contributed by atoms with Gasteiger partial charge in [0.25, 0.3) is 11.8 Å². The van der Waals surface area contributed by atoms with Gasteiger partial charge >= 0.3 is 0 Å². The second kappa shape index (κ2) is 6.30. The maximum Gasteiger partial charge on any atom is 0.261 e. The zero-order chi connectivity index (χ0) is 20.1. The van der Waals surface area contributed by atoms with E-state index in [0.717, 1.165) is 16.2 Å². The number of benzene rings is 2. The highest BCUT2D eigenvalue weighted by molar-refractivity contribution is 6.21. The van der Waals surface area contributed by atoms with Crippen LogP contribution in [0.25, 0.3) is 0 Å². The fourth-order valence-electron chi connectivity index (χ4n) is 3.53. The van der Waals surface area contributed by atoms with Gasteiger partial charge in [-0.15, -0.1) is 0 Å². The number of anilines is 2. The molecule has 2 N–H and O–H groups in total. The SMILES string of the molecule is CC1(C)C(=O)Nc2ccc(NC(=O)CCN3C(=O)c4ccccc4C3=O)cc21. The Balaban J connectivity index is 1.42. The molecule has 7 heteroatoms. The van der Waals surface area contributed by atoms with Gasteiger partial charge in [-0.25, -0.2) is 0 Å². The molecule has 2 heterocycles. The van der Waals surface area contributed by atoms with Crippen molar-refractivity contribution < 1.29 is 19.2 Å². The predicted octanol–water partition coefficient (Wildman–Crippen LogP) is 2.54. The van der Waals surface area contributed by atoms with Crippen LogP contribution in [0.15, 0.2) is 42.5 Å². The van der Waals surface area contributed by atoms with E-state index in [1.54, 1.807) is 42.5 Å². The van der Waals surface area contributed by atoms with Gasteiger partial charge in [-0.3, -0.25) is 24.1 Å². The van der Waals surface area contributed by atoms with Crippen LogP contribution in [0.2, 0.25) is 0 Å². The van der Waals surface area contributed by atoms with Gasteiger partial charge in [-0.2, -0.15) is 0 Å². The summed E-state index contributed by atoms with van der Waals surface area (Å²) in [5, 5.41) is 5.59. The molecule has 0 saturated carbocycles. The summed E-state index contributed by atoms with van der Waals surface area (Å²) in [4.78, 5) is 50.1. The van der Waals surface area contributed by atoms with E-state index in [9.17, 15) is 19.2 Å². The van der Waals surface area contributed by atoms with Crippen LogP contribution < -0.4 is 10.6 Å². The second-order valence-corrected chi connectivity index (χ2v) is 7.45. The first-order valence-corrected chi connectivity index (χ1v) is 9.00. The smallest absolute Gasteiger partial charge is 0.261 e. The number of carbonyl (C=O) groups excluding carboxylic acids is 4. The van der Waals surface area contributed by atoms with E-state index in [2.05, 4.69) is 10.6 Å². The van der Waals surface area contributed by atoms with Gasteiger partial charge in [0.1, 0.15) is 0 Å². The number of imide groups is 1. The minimum absolute atomic E-state index is 0.00859. The minimum Gasteiger partial charge on any atom is -0.326 e. The second-order valence-electron chi connectivity index (χ2n) is 7.45. The van der Waals surface area contributed by atoms with Crippen LogP contribution >= 0.6 is 0 Å². The largest absolute Gasteiger partial charge is 0.326 e. The molecule has 0 spiro atoms. The Morgan fingerprint density at radius 2 is 1.68 bits per heavy atom. The molecule has 0 fully saturated rings. The minimum atomic E-state index is -0.670. The summed E-state index contributed by atoms with van der Waals surface area (Å²) in [5.41, 5.74) is 2.18. The Labute approximate surface area is 161 Å². The number of hydrogen-bond donors (Lipinski definition) is 2. The first kappa shape index (κ1) is 17.9. The third-order valence-electron chi connectivity index (χ3n) is 5.23. The van der Waals surface area contributed by atoms with Crippen LogP contribution in [0.4, 0.5) is 11.4 Å². The number of fused-ring (bicyclic) bond motifs is 2. The van der Waals surface area contributed by atoms with Crippen LogP contribution in [0.3, 0.4) is 0 Å². The first-order chi connectivity index (χ1) is 13.3. The van der Waals surface area contributed by atoms with Crippen LogP contribution in [-0.4, -0.2) is 35.1 Å². The molecule has 4 rings (SSSR count). The van der Waals surface area contributed by atoms with Crippen molar-refractivity contribution in [1.82, 2.24) is 4.90 Å². The van der Waals surface area contributed by atoms with E-state index < -0.39 is 5.41 Å². The summed E-state index contributed by atoms with van der Waals surface area (Å²) >= 11 is 0. The Bertz CT molecular complexity index is 1010. The van der Waals surface area contributed by atoms with E-state index in [4.69, 9.17) is 0 Å². The van der Waals surface area contributed by atoms with Crippen molar-refractivity contribution in [2.24, 2.45) is 0 Å². The van der Waals surface area contributed by atoms with E-state index in [-0.39, 0.29) is 36.6 Å². The van der Waals surface area contributed by atoms with Gasteiger partial charge in [-0.1, -0.05) is 12.1 Å². The van der Waals surface area contributed by atoms with E-state index >= 15 is 0 Å². The normalized spacial score (nSPS) is 16.6. The molecular weight excluding hydrogens is 358 g/mol. The lowest BCUT2D eigenvalue weighted by atomic mass is 9.86. The van der Waals surface area contributed by atoms with E-state index in [0.29, 0.717) is 16.8 Å². The van der Waals surface area contributed by atoms with E-state index in [1.807, 2.05) is 13.8 Å². The molecule has 0 unspecified atom stereocenters. The maximum absolute atomic E-state index is 12.3. The molecule has 4 amide bonds. The van der Waals surface area contributed by atoms with Crippen LogP contribution in [0.1, 0.15) is 46.5 Å². The topological polar surface area (TPSA) is 95.6 Å². The molecule has 2 aromatic carbocycles. The zero-order valence-electron chi connectivity index (χ0n) is 15.5. The lowest BCUT2D eigenvalue weighted by Gasteiger charge is -2.16. The van der Waals surface area contributed by atoms with Crippen molar-refractivity contribution in [3.8, 4) is 0 Å². The van der Waals surface area contributed by atoms with Crippen molar-refractivity contribution in [2.45, 2.75) is 25.7 Å². The Kier molecular flexibility index (Phi) is 4.03. The summed E-state index contributed by atoms with van der Waals surface area (Å²) in [6.45, 7) is 3.65. The van der Waals surface area contributed by atoms with Crippen molar-refractivity contribution >= 4 is 35.0 Å². The van der Waals surface area contributed by atoms with Crippen molar-refractivity contribution in [3.05, 3.63) is 59.2 Å². The fraction of sp³-hybridized carbons (Fsp3) is 0.238. The molecule has 2 aliphatic heterocycles. The first-order valence-electron chi connectivity index (χ1n) is 9.00. The van der Waals surface area contributed by atoms with Gasteiger partial charge in [0.2, 0.25) is 11.8 Å². The molecule has 142 valence electrons. The Morgan fingerprint density at radius 1 is 1.04 bits per heavy atom. The average Bonchev–Trinajstić information content (AvgIpc) is 3.04. The summed E-state index contributed by atoms with van der Waals surface area (Å²) in [5.74, 6) is -1.15. The summed E-state index contributed by atoms with van der Waals surface area (Å²) in [7, 11) is 0. The highest BCUT2D eigenvalue weighted by Gasteiger charge is 2.38. The average molecular weight is 377 g/mol. The summed E-state index contributed by atoms with van der Waals surface area (Å²) in [6, 6.07) is 11.9. The Hall–Kier alpha value is -3.48. The molecule has 0 aromatic heterocycles. The lowest BCUT2D eigenvalue weighted by molar-refractivity contribution is -0.119. The van der Waals surface area contributed by atoms with E-state index in [1.165, 1.54) is 0 Å². The molecule has 0 aliphatic carbocycles. The number of amides is 4. The molecule has 0 atom stereocenters. The number of hydrogen-bond acceptors (Lipinski definition) is 4. The highest BCUT2D eigenvalue weighted by atomic mass is 16.2. The molecular formula is C21H19N3O4. The molecule has 2 aromatic rings. The Morgan fingerprint density at radius 3 is 2.32 bits per heavy atom. The van der Waals surface area contributed by atoms with Crippen molar-refractivity contribution in [2.75, 3.05) is 17.2 Å². The highest BCUT2D eigenvalue weighted by Crippen LogP contribution is 2.38. The third-order valence-corrected chi connectivity index (χ3v) is 5.23. The van der Waals surface area contributed by atoms with Gasteiger partial charge in [-0.05, 0) is 49.7 Å². The van der Waals surface area contributed by atoms with Crippen molar-refractivity contribution in [1.29, 1.82) is 0 Å². The number of rotatable bonds is 4. The van der Waals surface area contributed by atoms with Crippen molar-refractivity contribution in [3.63, 3.8) is 0 Å². The molecule has 0 radical (unpaired) electrons. The third kappa shape index (κ3) is 2.76. The lowest BCUT2D eigenvalue weighted by Crippen LogP contribution is -2.32. The number of nitrogens with zero attached hydrogens (tertiary/aromatic N) is 1. The molecule has 7 nitrogen and oxygen atoms in total. The standard InChI is InChI=1S/C21H19N3O4/c1-21(2)15-11-12(7-8-16(15)23-20(21)28)22-17(25)9-10-24-18(26)13-5-3-4-6-14(13)19(24)27/h3-8,11H,9-10H2,1-2H3,(H,22,25)(H,23,28). The monoisotopic (exact) mass is 377 g/mol. The quantitative estimate of drug-likeness (QED) is 0.801. The van der Waals surface area contributed by atoms with Crippen LogP contribution in [-0.2, 0) is 15.0 Å². The molecule has 0 bridgehead atoms. The molecule has 28 heavy (non-hydrogen) atoms. The van der Waals surface area contributed by atoms with Crippen LogP contribution in [0, 0.1) is 0 Å². The number of carbonyl (C=O) groups is 4. The van der Waals surface area contributed by atoms with Crippen LogP contribution in [0.5, 0.6) is 0 Å². The fourth-order valence-corrected chi connectivity index (χ4v) is 3.53. The van der Waals surface area contributed by atoms with Gasteiger partial charge in [0.05, 0.1) is 16.5 Å². The van der Waals surface area contributed by atoms with Gasteiger partial charge in [0, 0.05) is 24.3 Å². The maximum atomic E-state index is 12.3. The summed E-state index contributed by atoms with van der Waals surface area (Å²) in [6.07, 6.45) is -0.0108.